The minimum Gasteiger partial charge on any atom is -0.364 e. The summed E-state index contributed by atoms with van der Waals surface area (Å²) >= 11 is 0. The first-order chi connectivity index (χ1) is 13.9. The van der Waals surface area contributed by atoms with Gasteiger partial charge in [0.2, 0.25) is 0 Å². The van der Waals surface area contributed by atoms with Crippen molar-refractivity contribution >= 4 is 6.03 Å². The van der Waals surface area contributed by atoms with Gasteiger partial charge in [-0.3, -0.25) is 10.6 Å². The quantitative estimate of drug-likeness (QED) is 0.617. The number of piperidine rings is 1. The number of nitrogens with one attached hydrogen (secondary N) is 4. The number of nitrogens with zero attached hydrogens (tertiary/aromatic N) is 2. The zero-order valence-corrected chi connectivity index (χ0v) is 17.7. The van der Waals surface area contributed by atoms with Gasteiger partial charge < -0.3 is 20.4 Å². The normalized spacial score (nSPS) is 27.1. The monoisotopic (exact) mass is 398 g/mol. The van der Waals surface area contributed by atoms with Crippen LogP contribution in [0.5, 0.6) is 0 Å². The number of fused-ring (bicyclic) bond motifs is 1. The lowest BCUT2D eigenvalue weighted by Gasteiger charge is -2.37. The zero-order chi connectivity index (χ0) is 20.4. The lowest BCUT2D eigenvalue weighted by atomic mass is 9.92. The third-order valence-corrected chi connectivity index (χ3v) is 6.55. The highest BCUT2D eigenvalue weighted by molar-refractivity contribution is 5.77. The minimum absolute atomic E-state index is 0.0178. The van der Waals surface area contributed by atoms with E-state index in [0.717, 1.165) is 31.5 Å². The summed E-state index contributed by atoms with van der Waals surface area (Å²) in [7, 11) is 2.18. The minimum atomic E-state index is -0.329. The highest BCUT2D eigenvalue weighted by atomic mass is 16.2. The Morgan fingerprint density at radius 3 is 2.66 bits per heavy atom. The van der Waals surface area contributed by atoms with Crippen molar-refractivity contribution in [3.05, 3.63) is 47.7 Å². The Morgan fingerprint density at radius 1 is 1.21 bits per heavy atom. The molecule has 0 bridgehead atoms. The molecule has 7 heteroatoms. The van der Waals surface area contributed by atoms with E-state index in [2.05, 4.69) is 53.3 Å². The Kier molecular flexibility index (Phi) is 5.81. The van der Waals surface area contributed by atoms with Crippen molar-refractivity contribution in [2.24, 2.45) is 0 Å². The smallest absolute Gasteiger partial charge is 0.318 e. The molecular weight excluding hydrogens is 364 g/mol. The summed E-state index contributed by atoms with van der Waals surface area (Å²) in [4.78, 5) is 17.2. The van der Waals surface area contributed by atoms with Crippen LogP contribution in [0.15, 0.2) is 42.1 Å². The maximum absolute atomic E-state index is 12.9. The van der Waals surface area contributed by atoms with Crippen molar-refractivity contribution in [1.82, 2.24) is 31.1 Å². The fourth-order valence-electron chi connectivity index (χ4n) is 4.65. The number of rotatable bonds is 4. The molecule has 158 valence electrons. The SMILES string of the molecule is CN1CCC(NC2NC=C3C(CN(C(=O)NCc4ccccc4)C3(C)C)N2)CC1. The molecule has 1 aromatic carbocycles. The van der Waals surface area contributed by atoms with Crippen molar-refractivity contribution in [3.63, 3.8) is 0 Å². The molecule has 2 atom stereocenters. The molecule has 2 fully saturated rings. The number of hydrogen-bond acceptors (Lipinski definition) is 5. The van der Waals surface area contributed by atoms with Gasteiger partial charge in [0.1, 0.15) is 6.29 Å². The molecule has 0 aliphatic carbocycles. The van der Waals surface area contributed by atoms with E-state index in [0.29, 0.717) is 19.1 Å². The van der Waals surface area contributed by atoms with Crippen LogP contribution in [0.25, 0.3) is 0 Å². The summed E-state index contributed by atoms with van der Waals surface area (Å²) in [5.74, 6) is 0. The Hall–Kier alpha value is -2.09. The first-order valence-electron chi connectivity index (χ1n) is 10.7. The van der Waals surface area contributed by atoms with Gasteiger partial charge in [-0.1, -0.05) is 30.3 Å². The van der Waals surface area contributed by atoms with Crippen molar-refractivity contribution in [2.75, 3.05) is 26.7 Å². The average molecular weight is 399 g/mol. The third kappa shape index (κ3) is 4.42. The highest BCUT2D eigenvalue weighted by Gasteiger charge is 2.47. The van der Waals surface area contributed by atoms with Crippen molar-refractivity contribution in [1.29, 1.82) is 0 Å². The van der Waals surface area contributed by atoms with E-state index in [1.54, 1.807) is 0 Å². The number of urea groups is 1. The van der Waals surface area contributed by atoms with Crippen LogP contribution < -0.4 is 21.3 Å². The van der Waals surface area contributed by atoms with Gasteiger partial charge in [0, 0.05) is 25.3 Å². The number of carbonyl (C=O) groups is 1. The van der Waals surface area contributed by atoms with Gasteiger partial charge in [0.05, 0.1) is 11.6 Å². The Morgan fingerprint density at radius 2 is 1.93 bits per heavy atom. The molecular formula is C22H34N6O. The first kappa shape index (κ1) is 20.2. The molecule has 1 aromatic rings. The number of hydrogen-bond donors (Lipinski definition) is 4. The van der Waals surface area contributed by atoms with Gasteiger partial charge in [-0.15, -0.1) is 0 Å². The number of likely N-dealkylation sites (tertiary alicyclic amines) is 2. The largest absolute Gasteiger partial charge is 0.364 e. The van der Waals surface area contributed by atoms with Gasteiger partial charge >= 0.3 is 6.03 Å². The van der Waals surface area contributed by atoms with Crippen LogP contribution in [0, 0.1) is 0 Å². The molecule has 4 N–H and O–H groups in total. The van der Waals surface area contributed by atoms with Crippen LogP contribution in [0.1, 0.15) is 32.3 Å². The van der Waals surface area contributed by atoms with Crippen molar-refractivity contribution < 1.29 is 4.79 Å². The standard InChI is InChI=1S/C22H34N6O/c1-22(2)18-14-23-20(25-17-9-11-27(3)12-10-17)26-19(18)15-28(22)21(29)24-13-16-7-5-4-6-8-16/h4-8,14,17,19-20,23,25-26H,9-13,15H2,1-3H3,(H,24,29). The van der Waals surface area contributed by atoms with E-state index < -0.39 is 0 Å². The molecule has 0 aromatic heterocycles. The van der Waals surface area contributed by atoms with E-state index in [1.807, 2.05) is 35.2 Å². The second-order valence-corrected chi connectivity index (χ2v) is 8.98. The van der Waals surface area contributed by atoms with Gasteiger partial charge in [0.25, 0.3) is 0 Å². The molecule has 7 nitrogen and oxygen atoms in total. The second-order valence-electron chi connectivity index (χ2n) is 8.98. The van der Waals surface area contributed by atoms with Gasteiger partial charge in [-0.25, -0.2) is 4.79 Å². The predicted molar refractivity (Wildman–Crippen MR) is 115 cm³/mol. The molecule has 4 rings (SSSR count). The van der Waals surface area contributed by atoms with Crippen LogP contribution in [0.3, 0.4) is 0 Å². The number of amides is 2. The Bertz CT molecular complexity index is 741. The van der Waals surface area contributed by atoms with Gasteiger partial charge in [0.15, 0.2) is 0 Å². The van der Waals surface area contributed by atoms with Crippen LogP contribution in [-0.2, 0) is 6.54 Å². The van der Waals surface area contributed by atoms with E-state index in [9.17, 15) is 4.79 Å². The summed E-state index contributed by atoms with van der Waals surface area (Å²) in [6, 6.07) is 10.7. The van der Waals surface area contributed by atoms with Crippen LogP contribution in [0.4, 0.5) is 4.79 Å². The molecule has 3 heterocycles. The molecule has 2 saturated heterocycles. The Labute approximate surface area is 173 Å². The lowest BCUT2D eigenvalue weighted by Crippen LogP contribution is -2.61. The predicted octanol–water partition coefficient (Wildman–Crippen LogP) is 1.40. The maximum Gasteiger partial charge on any atom is 0.318 e. The van der Waals surface area contributed by atoms with E-state index in [1.165, 1.54) is 5.57 Å². The molecule has 2 amide bonds. The van der Waals surface area contributed by atoms with E-state index in [4.69, 9.17) is 0 Å². The molecule has 0 radical (unpaired) electrons. The molecule has 0 spiro atoms. The highest BCUT2D eigenvalue weighted by Crippen LogP contribution is 2.35. The molecule has 29 heavy (non-hydrogen) atoms. The topological polar surface area (TPSA) is 71.7 Å². The molecule has 2 unspecified atom stereocenters. The summed E-state index contributed by atoms with van der Waals surface area (Å²) in [5.41, 5.74) is 2.01. The second kappa shape index (κ2) is 8.34. The summed E-state index contributed by atoms with van der Waals surface area (Å²) < 4.78 is 0. The molecule has 3 aliphatic rings. The number of benzene rings is 1. The molecule has 0 saturated carbocycles. The van der Waals surface area contributed by atoms with E-state index >= 15 is 0 Å². The van der Waals surface area contributed by atoms with Crippen LogP contribution in [0.2, 0.25) is 0 Å². The van der Waals surface area contributed by atoms with Crippen LogP contribution in [-0.4, -0.2) is 66.4 Å². The Balaban J connectivity index is 1.35. The van der Waals surface area contributed by atoms with Crippen LogP contribution >= 0.6 is 0 Å². The fraction of sp³-hybridized carbons (Fsp3) is 0.591. The third-order valence-electron chi connectivity index (χ3n) is 6.55. The molecule has 3 aliphatic heterocycles. The number of carbonyl (C=O) groups excluding carboxylic acids is 1. The maximum atomic E-state index is 12.9. The van der Waals surface area contributed by atoms with E-state index in [-0.39, 0.29) is 23.9 Å². The summed E-state index contributed by atoms with van der Waals surface area (Å²) in [6.45, 7) is 7.73. The fourth-order valence-corrected chi connectivity index (χ4v) is 4.65. The summed E-state index contributed by atoms with van der Waals surface area (Å²) in [6.07, 6.45) is 4.48. The van der Waals surface area contributed by atoms with Gasteiger partial charge in [-0.05, 0) is 58.0 Å². The first-order valence-corrected chi connectivity index (χ1v) is 10.7. The van der Waals surface area contributed by atoms with Crippen molar-refractivity contribution in [3.8, 4) is 0 Å². The van der Waals surface area contributed by atoms with Gasteiger partial charge in [-0.2, -0.15) is 0 Å². The average Bonchev–Trinajstić information content (AvgIpc) is 2.99. The summed E-state index contributed by atoms with van der Waals surface area (Å²) in [5, 5.41) is 13.9. The van der Waals surface area contributed by atoms with Crippen molar-refractivity contribution in [2.45, 2.75) is 57.1 Å². The zero-order valence-electron chi connectivity index (χ0n) is 17.7. The lowest BCUT2D eigenvalue weighted by molar-refractivity contribution is 0.172.